The third-order valence-corrected chi connectivity index (χ3v) is 5.96. The average Bonchev–Trinajstić information content (AvgIpc) is 3.15. The summed E-state index contributed by atoms with van der Waals surface area (Å²) < 4.78 is 0. The zero-order chi connectivity index (χ0) is 28.4. The first-order chi connectivity index (χ1) is 17.6. The zero-order valence-electron chi connectivity index (χ0n) is 23.5. The lowest BCUT2D eigenvalue weighted by Crippen LogP contribution is -2.44. The predicted octanol–water partition coefficient (Wildman–Crippen LogP) is 1.19. The monoisotopic (exact) mass is 549 g/mol. The Labute approximate surface area is 232 Å². The van der Waals surface area contributed by atoms with E-state index in [1.807, 2.05) is 13.8 Å². The second kappa shape index (κ2) is 20.7. The van der Waals surface area contributed by atoms with Crippen molar-refractivity contribution in [1.82, 2.24) is 26.2 Å². The van der Waals surface area contributed by atoms with E-state index in [2.05, 4.69) is 41.7 Å². The number of carbonyl (C=O) groups is 6. The maximum absolute atomic E-state index is 12.7. The summed E-state index contributed by atoms with van der Waals surface area (Å²) in [4.78, 5) is 72.3. The van der Waals surface area contributed by atoms with Gasteiger partial charge >= 0.3 is 0 Å². The topological polar surface area (TPSA) is 185 Å². The van der Waals surface area contributed by atoms with Crippen LogP contribution in [0.2, 0.25) is 0 Å². The molecule has 0 aromatic heterocycles. The molecule has 0 aromatic rings. The number of allylic oxidation sites excluding steroid dienone is 1. The molecule has 1 atom stereocenters. The molecule has 5 amide bonds. The molecule has 1 fully saturated rings. The van der Waals surface area contributed by atoms with Crippen molar-refractivity contribution in [3.8, 4) is 0 Å². The number of nitrogens with zero attached hydrogens (tertiary/aromatic N) is 1. The molecular formula is C26H55N5O7. The van der Waals surface area contributed by atoms with Crippen molar-refractivity contribution in [3.63, 3.8) is 0 Å². The van der Waals surface area contributed by atoms with E-state index < -0.39 is 17.7 Å². The Morgan fingerprint density at radius 3 is 1.84 bits per heavy atom. The van der Waals surface area contributed by atoms with Crippen LogP contribution in [0.5, 0.6) is 0 Å². The number of ketones is 1. The van der Waals surface area contributed by atoms with Crippen LogP contribution in [-0.2, 0) is 28.8 Å². The highest BCUT2D eigenvalue weighted by Gasteiger charge is 2.37. The van der Waals surface area contributed by atoms with E-state index in [0.717, 1.165) is 18.5 Å². The molecule has 0 aliphatic carbocycles. The summed E-state index contributed by atoms with van der Waals surface area (Å²) >= 11 is 0. The van der Waals surface area contributed by atoms with E-state index >= 15 is 0 Å². The first-order valence-corrected chi connectivity index (χ1v) is 13.1. The van der Waals surface area contributed by atoms with E-state index in [1.165, 1.54) is 6.92 Å². The third kappa shape index (κ3) is 14.5. The summed E-state index contributed by atoms with van der Waals surface area (Å²) in [7, 11) is 0. The smallest absolute Gasteiger partial charge is 0.239 e. The van der Waals surface area contributed by atoms with Crippen LogP contribution in [-0.4, -0.2) is 78.4 Å². The van der Waals surface area contributed by atoms with Crippen molar-refractivity contribution in [1.29, 1.82) is 0 Å². The highest BCUT2D eigenvalue weighted by atomic mass is 16.2. The molecule has 12 nitrogen and oxygen atoms in total. The largest absolute Gasteiger partial charge is 0.412 e. The van der Waals surface area contributed by atoms with E-state index in [1.54, 1.807) is 4.90 Å². The molecule has 1 aliphatic heterocycles. The van der Waals surface area contributed by atoms with Gasteiger partial charge in [0, 0.05) is 43.3 Å². The highest BCUT2D eigenvalue weighted by molar-refractivity contribution is 5.90. The SMILES string of the molecule is C=C1CC(C(CC)CC)C(=O)N1CCCC(=O)NCC(=O)NCC(=O)NCC(=O)NCCC(C)=O.CC.O.[HH].[HH].[HH].[HH]. The standard InChI is InChI=1S/C24H39N5O6.C2H6.H2O.4H2/c1-5-18(6-2)19-12-16(3)29(24(19)35)11-7-8-20(31)26-14-22(33)28-15-23(34)27-13-21(32)25-10-9-17(4)30;1-2;;;;;/h18-19H,3,5-15H2,1-2,4H3,(H,25,32)(H,26,31)(H,27,34)(H,28,33);1-2H3;1H2;4*1H. The Balaban J connectivity index is -0.000000452. The predicted molar refractivity (Wildman–Crippen MR) is 153 cm³/mol. The molecule has 1 heterocycles. The van der Waals surface area contributed by atoms with Crippen LogP contribution in [0.1, 0.15) is 78.9 Å². The Bertz CT molecular complexity index is 831. The molecule has 12 heteroatoms. The summed E-state index contributed by atoms with van der Waals surface area (Å²) in [5.41, 5.74) is 0.790. The van der Waals surface area contributed by atoms with E-state index in [0.29, 0.717) is 25.3 Å². The van der Waals surface area contributed by atoms with Gasteiger partial charge < -0.3 is 31.6 Å². The normalized spacial score (nSPS) is 14.2. The quantitative estimate of drug-likeness (QED) is 0.224. The van der Waals surface area contributed by atoms with Crippen LogP contribution in [0, 0.1) is 11.8 Å². The van der Waals surface area contributed by atoms with Crippen LogP contribution in [0.25, 0.3) is 0 Å². The average molecular weight is 550 g/mol. The number of hydrogen-bond acceptors (Lipinski definition) is 6. The Morgan fingerprint density at radius 1 is 0.895 bits per heavy atom. The molecule has 1 unspecified atom stereocenters. The molecule has 38 heavy (non-hydrogen) atoms. The summed E-state index contributed by atoms with van der Waals surface area (Å²) in [6.07, 6.45) is 3.36. The van der Waals surface area contributed by atoms with Crippen LogP contribution < -0.4 is 21.3 Å². The molecule has 0 spiro atoms. The van der Waals surface area contributed by atoms with Gasteiger partial charge in [-0.3, -0.25) is 28.8 Å². The molecule has 0 radical (unpaired) electrons. The maximum Gasteiger partial charge on any atom is 0.239 e. The van der Waals surface area contributed by atoms with Crippen LogP contribution in [0.15, 0.2) is 12.3 Å². The number of carbonyl (C=O) groups excluding carboxylic acids is 6. The molecule has 1 rings (SSSR count). The summed E-state index contributed by atoms with van der Waals surface area (Å²) in [5, 5.41) is 9.66. The number of nitrogens with one attached hydrogen (secondary N) is 4. The number of likely N-dealkylation sites (tertiary alicyclic amines) is 1. The molecule has 0 aromatic carbocycles. The number of Topliss-reactive ketones (excluding diaryl/α,β-unsaturated/α-hetero) is 1. The second-order valence-corrected chi connectivity index (χ2v) is 8.68. The molecule has 6 N–H and O–H groups in total. The first kappa shape index (κ1) is 36.9. The van der Waals surface area contributed by atoms with Gasteiger partial charge in [0.2, 0.25) is 29.5 Å². The molecule has 0 saturated carbocycles. The summed E-state index contributed by atoms with van der Waals surface area (Å²) in [5.74, 6) is -1.55. The molecule has 0 bridgehead atoms. The summed E-state index contributed by atoms with van der Waals surface area (Å²) in [6.45, 7) is 13.3. The van der Waals surface area contributed by atoms with Crippen molar-refractivity contribution in [2.75, 3.05) is 32.7 Å². The third-order valence-electron chi connectivity index (χ3n) is 5.96. The minimum absolute atomic E-state index is 0. The maximum atomic E-state index is 12.7. The van der Waals surface area contributed by atoms with Crippen molar-refractivity contribution in [2.45, 2.75) is 73.1 Å². The fourth-order valence-corrected chi connectivity index (χ4v) is 3.89. The molecule has 226 valence electrons. The fourth-order valence-electron chi connectivity index (χ4n) is 3.89. The van der Waals surface area contributed by atoms with Crippen molar-refractivity contribution < 1.29 is 39.9 Å². The van der Waals surface area contributed by atoms with Gasteiger partial charge in [0.1, 0.15) is 5.78 Å². The molecule has 1 aliphatic rings. The van der Waals surface area contributed by atoms with Crippen LogP contribution in [0.3, 0.4) is 0 Å². The van der Waals surface area contributed by atoms with Crippen LogP contribution in [0.4, 0.5) is 0 Å². The van der Waals surface area contributed by atoms with Gasteiger partial charge in [-0.05, 0) is 25.7 Å². The van der Waals surface area contributed by atoms with E-state index in [9.17, 15) is 28.8 Å². The molecular weight excluding hydrogens is 494 g/mol. The van der Waals surface area contributed by atoms with Gasteiger partial charge in [-0.2, -0.15) is 0 Å². The number of rotatable bonds is 16. The zero-order valence-corrected chi connectivity index (χ0v) is 23.5. The van der Waals surface area contributed by atoms with Gasteiger partial charge in [-0.1, -0.05) is 47.1 Å². The minimum Gasteiger partial charge on any atom is -0.412 e. The minimum atomic E-state index is -0.561. The summed E-state index contributed by atoms with van der Waals surface area (Å²) in [6, 6.07) is 0. The van der Waals surface area contributed by atoms with Gasteiger partial charge in [0.15, 0.2) is 0 Å². The molecule has 1 saturated heterocycles. The fraction of sp³-hybridized carbons (Fsp3) is 0.692. The van der Waals surface area contributed by atoms with Crippen molar-refractivity contribution >= 4 is 35.3 Å². The lowest BCUT2D eigenvalue weighted by atomic mass is 9.86. The number of hydrogen-bond donors (Lipinski definition) is 4. The Kier molecular flexibility index (Phi) is 20.1. The van der Waals surface area contributed by atoms with Gasteiger partial charge in [-0.15, -0.1) is 0 Å². The van der Waals surface area contributed by atoms with E-state index in [-0.39, 0.29) is 73.7 Å². The van der Waals surface area contributed by atoms with Crippen molar-refractivity contribution in [2.24, 2.45) is 11.8 Å². The van der Waals surface area contributed by atoms with Gasteiger partial charge in [0.05, 0.1) is 19.6 Å². The second-order valence-electron chi connectivity index (χ2n) is 8.68. The highest BCUT2D eigenvalue weighted by Crippen LogP contribution is 2.35. The van der Waals surface area contributed by atoms with Gasteiger partial charge in [-0.25, -0.2) is 0 Å². The first-order valence-electron chi connectivity index (χ1n) is 13.1. The lowest BCUT2D eigenvalue weighted by molar-refractivity contribution is -0.132. The van der Waals surface area contributed by atoms with Crippen LogP contribution >= 0.6 is 0 Å². The number of amides is 5. The Hall–Kier alpha value is -3.28. The van der Waals surface area contributed by atoms with Crippen molar-refractivity contribution in [3.05, 3.63) is 12.3 Å². The van der Waals surface area contributed by atoms with Gasteiger partial charge in [0.25, 0.3) is 0 Å². The Morgan fingerprint density at radius 2 is 1.37 bits per heavy atom. The van der Waals surface area contributed by atoms with E-state index in [4.69, 9.17) is 0 Å². The lowest BCUT2D eigenvalue weighted by Gasteiger charge is -2.20.